The molecule has 1 N–H and O–H groups in total. The zero-order chi connectivity index (χ0) is 15.4. The van der Waals surface area contributed by atoms with Crippen LogP contribution < -0.4 is 10.2 Å². The molecule has 2 aromatic heterocycles. The maximum absolute atomic E-state index is 5.25. The van der Waals surface area contributed by atoms with Gasteiger partial charge in [-0.3, -0.25) is 0 Å². The van der Waals surface area contributed by atoms with E-state index in [0.29, 0.717) is 36.2 Å². The normalized spacial score (nSPS) is 18.3. The molecular weight excluding hydrogens is 288 g/mol. The van der Waals surface area contributed by atoms with Crippen molar-refractivity contribution in [2.75, 3.05) is 57.3 Å². The summed E-state index contributed by atoms with van der Waals surface area (Å²) in [7, 11) is 3.39. The minimum absolute atomic E-state index is 0.399. The Kier molecular flexibility index (Phi) is 4.64. The van der Waals surface area contributed by atoms with Crippen molar-refractivity contribution in [2.24, 2.45) is 5.92 Å². The third-order valence-electron chi connectivity index (χ3n) is 3.68. The molecule has 3 heterocycles. The lowest BCUT2D eigenvalue weighted by Crippen LogP contribution is -2.24. The van der Waals surface area contributed by atoms with Gasteiger partial charge in [0.25, 0.3) is 0 Å². The first-order valence-electron chi connectivity index (χ1n) is 7.28. The highest BCUT2D eigenvalue weighted by molar-refractivity contribution is 5.74. The van der Waals surface area contributed by atoms with Gasteiger partial charge in [-0.1, -0.05) is 0 Å². The van der Waals surface area contributed by atoms with Crippen LogP contribution in [0.25, 0.3) is 11.3 Å². The van der Waals surface area contributed by atoms with Crippen LogP contribution in [-0.2, 0) is 9.47 Å². The van der Waals surface area contributed by atoms with Gasteiger partial charge < -0.3 is 19.7 Å². The van der Waals surface area contributed by atoms with Crippen LogP contribution in [0.4, 0.5) is 11.6 Å². The van der Waals surface area contributed by atoms with Crippen LogP contribution in [0.15, 0.2) is 4.63 Å². The molecule has 1 fully saturated rings. The van der Waals surface area contributed by atoms with Crippen molar-refractivity contribution in [3.63, 3.8) is 0 Å². The third-order valence-corrected chi connectivity index (χ3v) is 3.68. The van der Waals surface area contributed by atoms with Crippen LogP contribution in [0, 0.1) is 5.92 Å². The monoisotopic (exact) mass is 308 g/mol. The van der Waals surface area contributed by atoms with E-state index in [2.05, 4.69) is 30.5 Å². The Balaban J connectivity index is 1.83. The Morgan fingerprint density at radius 1 is 1.23 bits per heavy atom. The molecule has 22 heavy (non-hydrogen) atoms. The molecule has 9 heteroatoms. The van der Waals surface area contributed by atoms with Gasteiger partial charge in [0.15, 0.2) is 11.6 Å². The van der Waals surface area contributed by atoms with Crippen LogP contribution in [0.5, 0.6) is 0 Å². The molecule has 0 aliphatic carbocycles. The average molecular weight is 308 g/mol. The predicted molar refractivity (Wildman–Crippen MR) is 80.0 cm³/mol. The van der Waals surface area contributed by atoms with Crippen LogP contribution >= 0.6 is 0 Å². The summed E-state index contributed by atoms with van der Waals surface area (Å²) in [6.07, 6.45) is 1.07. The predicted octanol–water partition coefficient (Wildman–Crippen LogP) is 0.544. The van der Waals surface area contributed by atoms with Crippen molar-refractivity contribution >= 4 is 22.9 Å². The molecule has 120 valence electrons. The van der Waals surface area contributed by atoms with Crippen LogP contribution in [0.2, 0.25) is 0 Å². The van der Waals surface area contributed by atoms with Crippen molar-refractivity contribution in [3.05, 3.63) is 0 Å². The van der Waals surface area contributed by atoms with E-state index in [4.69, 9.17) is 14.1 Å². The third kappa shape index (κ3) is 3.09. The molecule has 1 saturated heterocycles. The van der Waals surface area contributed by atoms with E-state index in [9.17, 15) is 0 Å². The molecule has 0 aromatic carbocycles. The molecule has 9 nitrogen and oxygen atoms in total. The van der Waals surface area contributed by atoms with Crippen molar-refractivity contribution < 1.29 is 14.1 Å². The molecule has 1 aliphatic heterocycles. The number of hydrogen-bond donors (Lipinski definition) is 1. The second-order valence-electron chi connectivity index (χ2n) is 5.28. The summed E-state index contributed by atoms with van der Waals surface area (Å²) in [6, 6.07) is 0. The molecule has 0 amide bonds. The average Bonchev–Trinajstić information content (AvgIpc) is 3.15. The number of anilines is 2. The lowest BCUT2D eigenvalue weighted by molar-refractivity contribution is 0.161. The van der Waals surface area contributed by atoms with Crippen molar-refractivity contribution in [3.8, 4) is 0 Å². The maximum atomic E-state index is 5.25. The van der Waals surface area contributed by atoms with Gasteiger partial charge in [0, 0.05) is 39.8 Å². The quantitative estimate of drug-likeness (QED) is 0.735. The Bertz CT molecular complexity index is 619. The summed E-state index contributed by atoms with van der Waals surface area (Å²) in [5.74, 6) is 1.96. The van der Waals surface area contributed by atoms with E-state index in [1.54, 1.807) is 14.2 Å². The molecule has 2 aromatic rings. The first-order chi connectivity index (χ1) is 10.8. The van der Waals surface area contributed by atoms with E-state index < -0.39 is 0 Å². The molecule has 0 spiro atoms. The minimum Gasteiger partial charge on any atom is -0.384 e. The summed E-state index contributed by atoms with van der Waals surface area (Å²) in [4.78, 5) is 11.2. The molecular formula is C13H20N6O3. The fraction of sp³-hybridized carbons (Fsp3) is 0.692. The first-order valence-corrected chi connectivity index (χ1v) is 7.28. The highest BCUT2D eigenvalue weighted by atomic mass is 16.6. The topological polar surface area (TPSA) is 98.4 Å². The van der Waals surface area contributed by atoms with Gasteiger partial charge in [-0.2, -0.15) is 0 Å². The molecule has 1 atom stereocenters. The smallest absolute Gasteiger partial charge is 0.245 e. The highest BCUT2D eigenvalue weighted by Crippen LogP contribution is 2.28. The zero-order valence-corrected chi connectivity index (χ0v) is 12.8. The number of ether oxygens (including phenoxy) is 2. The second kappa shape index (κ2) is 6.84. The largest absolute Gasteiger partial charge is 0.384 e. The van der Waals surface area contributed by atoms with Crippen molar-refractivity contribution in [1.29, 1.82) is 0 Å². The van der Waals surface area contributed by atoms with Crippen molar-refractivity contribution in [2.45, 2.75) is 6.42 Å². The summed E-state index contributed by atoms with van der Waals surface area (Å²) >= 11 is 0. The zero-order valence-electron chi connectivity index (χ0n) is 12.8. The Morgan fingerprint density at radius 3 is 2.82 bits per heavy atom. The van der Waals surface area contributed by atoms with Gasteiger partial charge in [0.2, 0.25) is 11.3 Å². The fourth-order valence-corrected chi connectivity index (χ4v) is 2.64. The molecule has 0 bridgehead atoms. The van der Waals surface area contributed by atoms with Crippen LogP contribution in [-0.4, -0.2) is 67.3 Å². The minimum atomic E-state index is 0.399. The number of aromatic nitrogens is 4. The van der Waals surface area contributed by atoms with Gasteiger partial charge in [0.1, 0.15) is 0 Å². The SMILES string of the molecule is COCCNc1nc2nonc2nc1N1CCC(COC)C1. The molecule has 0 radical (unpaired) electrons. The Morgan fingerprint density at radius 2 is 2.05 bits per heavy atom. The maximum Gasteiger partial charge on any atom is 0.245 e. The van der Waals surface area contributed by atoms with Crippen LogP contribution in [0.3, 0.4) is 0 Å². The van der Waals surface area contributed by atoms with Crippen molar-refractivity contribution in [1.82, 2.24) is 20.3 Å². The van der Waals surface area contributed by atoms with Gasteiger partial charge in [-0.15, -0.1) is 0 Å². The van der Waals surface area contributed by atoms with E-state index in [-0.39, 0.29) is 0 Å². The van der Waals surface area contributed by atoms with Gasteiger partial charge in [0.05, 0.1) is 13.2 Å². The Hall–Kier alpha value is -2.00. The number of rotatable bonds is 7. The summed E-state index contributed by atoms with van der Waals surface area (Å²) in [5.41, 5.74) is 0.818. The highest BCUT2D eigenvalue weighted by Gasteiger charge is 2.26. The Labute approximate surface area is 128 Å². The molecule has 1 aliphatic rings. The molecule has 0 saturated carbocycles. The number of hydrogen-bond acceptors (Lipinski definition) is 9. The number of nitrogens with zero attached hydrogens (tertiary/aromatic N) is 5. The summed E-state index contributed by atoms with van der Waals surface area (Å²) in [6.45, 7) is 3.79. The lowest BCUT2D eigenvalue weighted by Gasteiger charge is -2.20. The lowest BCUT2D eigenvalue weighted by atomic mass is 10.1. The molecule has 1 unspecified atom stereocenters. The second-order valence-corrected chi connectivity index (χ2v) is 5.28. The van der Waals surface area contributed by atoms with Gasteiger partial charge >= 0.3 is 0 Å². The number of methoxy groups -OCH3 is 2. The van der Waals surface area contributed by atoms with Crippen LogP contribution in [0.1, 0.15) is 6.42 Å². The summed E-state index contributed by atoms with van der Waals surface area (Å²) < 4.78 is 15.0. The van der Waals surface area contributed by atoms with Gasteiger partial charge in [-0.25, -0.2) is 14.6 Å². The molecule has 3 rings (SSSR count). The first kappa shape index (κ1) is 14.9. The number of nitrogens with one attached hydrogen (secondary N) is 1. The summed E-state index contributed by atoms with van der Waals surface area (Å²) in [5, 5.41) is 10.8. The number of fused-ring (bicyclic) bond motifs is 1. The van der Waals surface area contributed by atoms with E-state index in [1.807, 2.05) is 0 Å². The van der Waals surface area contributed by atoms with E-state index in [0.717, 1.165) is 31.9 Å². The van der Waals surface area contributed by atoms with Gasteiger partial charge in [-0.05, 0) is 16.7 Å². The van der Waals surface area contributed by atoms with E-state index in [1.165, 1.54) is 0 Å². The fourth-order valence-electron chi connectivity index (χ4n) is 2.64. The van der Waals surface area contributed by atoms with E-state index >= 15 is 0 Å². The standard InChI is InChI=1S/C13H20N6O3/c1-20-6-4-14-12-13(16-11-10(15-12)17-22-18-11)19-5-3-9(7-19)8-21-2/h9H,3-8H2,1-2H3,(H,14,15,17).